The van der Waals surface area contributed by atoms with Crippen LogP contribution in [0.15, 0.2) is 22.7 Å². The van der Waals surface area contributed by atoms with Gasteiger partial charge in [-0.1, -0.05) is 15.9 Å². The molecule has 1 amide bonds. The van der Waals surface area contributed by atoms with Gasteiger partial charge in [-0.05, 0) is 32.2 Å². The predicted octanol–water partition coefficient (Wildman–Crippen LogP) is 2.15. The van der Waals surface area contributed by atoms with Crippen molar-refractivity contribution in [1.29, 1.82) is 0 Å². The predicted molar refractivity (Wildman–Crippen MR) is 84.2 cm³/mol. The topological polar surface area (TPSA) is 53.6 Å². The van der Waals surface area contributed by atoms with Crippen LogP contribution in [-0.2, 0) is 9.53 Å². The third-order valence-electron chi connectivity index (χ3n) is 3.17. The molecule has 1 fully saturated rings. The van der Waals surface area contributed by atoms with Gasteiger partial charge in [0.05, 0.1) is 18.0 Å². The highest BCUT2D eigenvalue weighted by Crippen LogP contribution is 2.26. The number of anilines is 2. The van der Waals surface area contributed by atoms with E-state index < -0.39 is 6.10 Å². The van der Waals surface area contributed by atoms with Gasteiger partial charge in [-0.2, -0.15) is 0 Å². The van der Waals surface area contributed by atoms with Crippen LogP contribution in [0.3, 0.4) is 0 Å². The third kappa shape index (κ3) is 3.94. The van der Waals surface area contributed by atoms with Crippen molar-refractivity contribution in [3.05, 3.63) is 22.7 Å². The third-order valence-corrected chi connectivity index (χ3v) is 3.66. The molecule has 1 heterocycles. The van der Waals surface area contributed by atoms with Crippen LogP contribution in [0.25, 0.3) is 0 Å². The highest BCUT2D eigenvalue weighted by Gasteiger charge is 2.25. The van der Waals surface area contributed by atoms with Crippen LogP contribution in [0.4, 0.5) is 11.4 Å². The van der Waals surface area contributed by atoms with Gasteiger partial charge in [0.25, 0.3) is 5.91 Å². The first kappa shape index (κ1) is 15.3. The molecule has 0 unspecified atom stereocenters. The van der Waals surface area contributed by atoms with E-state index in [-0.39, 0.29) is 5.91 Å². The number of hydrogen-bond donors (Lipinski definition) is 2. The Kier molecular flexibility index (Phi) is 5.39. The standard InChI is InChI=1S/C14H20BrN3O2/c1-3-16-11-5-4-10(15)8-12(11)17-14(19)13-9-18(2)6-7-20-13/h4-5,8,13,16H,3,6-7,9H2,1-2H3,(H,17,19)/t13-/m1/s1. The fraction of sp³-hybridized carbons (Fsp3) is 0.500. The van der Waals surface area contributed by atoms with Crippen LogP contribution in [0, 0.1) is 0 Å². The van der Waals surface area contributed by atoms with Crippen LogP contribution >= 0.6 is 15.9 Å². The number of halogens is 1. The summed E-state index contributed by atoms with van der Waals surface area (Å²) >= 11 is 3.42. The van der Waals surface area contributed by atoms with E-state index in [2.05, 4.69) is 31.5 Å². The molecule has 1 saturated heterocycles. The number of likely N-dealkylation sites (N-methyl/N-ethyl adjacent to an activating group) is 1. The summed E-state index contributed by atoms with van der Waals surface area (Å²) in [5.74, 6) is -0.103. The number of rotatable bonds is 4. The quantitative estimate of drug-likeness (QED) is 0.881. The number of benzene rings is 1. The Hall–Kier alpha value is -1.11. The van der Waals surface area contributed by atoms with E-state index in [1.165, 1.54) is 0 Å². The Balaban J connectivity index is 2.08. The van der Waals surface area contributed by atoms with Gasteiger partial charge in [0.1, 0.15) is 6.10 Å². The van der Waals surface area contributed by atoms with Gasteiger partial charge >= 0.3 is 0 Å². The van der Waals surface area contributed by atoms with E-state index in [9.17, 15) is 4.79 Å². The summed E-state index contributed by atoms with van der Waals surface area (Å²) in [6, 6.07) is 5.78. The molecule has 1 aromatic rings. The number of amides is 1. The largest absolute Gasteiger partial charge is 0.384 e. The van der Waals surface area contributed by atoms with Crippen LogP contribution in [-0.4, -0.2) is 50.2 Å². The first-order valence-corrected chi connectivity index (χ1v) is 7.54. The molecule has 0 saturated carbocycles. The van der Waals surface area contributed by atoms with Gasteiger partial charge < -0.3 is 20.3 Å². The first-order chi connectivity index (χ1) is 9.60. The highest BCUT2D eigenvalue weighted by molar-refractivity contribution is 9.10. The Bertz CT molecular complexity index is 481. The molecule has 0 radical (unpaired) electrons. The lowest BCUT2D eigenvalue weighted by molar-refractivity contribution is -0.132. The first-order valence-electron chi connectivity index (χ1n) is 6.74. The lowest BCUT2D eigenvalue weighted by Crippen LogP contribution is -2.46. The summed E-state index contributed by atoms with van der Waals surface area (Å²) in [4.78, 5) is 14.4. The minimum absolute atomic E-state index is 0.103. The van der Waals surface area contributed by atoms with E-state index in [0.717, 1.165) is 28.9 Å². The van der Waals surface area contributed by atoms with Gasteiger partial charge in [-0.25, -0.2) is 0 Å². The molecule has 1 atom stereocenters. The number of hydrogen-bond acceptors (Lipinski definition) is 4. The van der Waals surface area contributed by atoms with Gasteiger partial charge in [-0.3, -0.25) is 4.79 Å². The second-order valence-corrected chi connectivity index (χ2v) is 5.75. The molecular weight excluding hydrogens is 322 g/mol. The van der Waals surface area contributed by atoms with Crippen molar-refractivity contribution in [2.75, 3.05) is 43.9 Å². The maximum atomic E-state index is 12.3. The molecule has 1 aliphatic heterocycles. The lowest BCUT2D eigenvalue weighted by atomic mass is 10.2. The maximum absolute atomic E-state index is 12.3. The number of nitrogens with zero attached hydrogens (tertiary/aromatic N) is 1. The Morgan fingerprint density at radius 1 is 1.50 bits per heavy atom. The molecule has 0 aromatic heterocycles. The average molecular weight is 342 g/mol. The summed E-state index contributed by atoms with van der Waals surface area (Å²) < 4.78 is 6.45. The van der Waals surface area contributed by atoms with Gasteiger partial charge in [0, 0.05) is 24.1 Å². The second kappa shape index (κ2) is 7.06. The van der Waals surface area contributed by atoms with Crippen molar-refractivity contribution < 1.29 is 9.53 Å². The zero-order valence-electron chi connectivity index (χ0n) is 11.8. The number of morpholine rings is 1. The van der Waals surface area contributed by atoms with Crippen molar-refractivity contribution in [1.82, 2.24) is 4.90 Å². The SMILES string of the molecule is CCNc1ccc(Br)cc1NC(=O)[C@H]1CN(C)CCO1. The monoisotopic (exact) mass is 341 g/mol. The molecule has 6 heteroatoms. The zero-order valence-corrected chi connectivity index (χ0v) is 13.4. The van der Waals surface area contributed by atoms with Crippen molar-refractivity contribution in [2.24, 2.45) is 0 Å². The van der Waals surface area contributed by atoms with E-state index in [0.29, 0.717) is 13.2 Å². The normalized spacial score (nSPS) is 19.6. The van der Waals surface area contributed by atoms with E-state index in [4.69, 9.17) is 4.74 Å². The Morgan fingerprint density at radius 2 is 2.30 bits per heavy atom. The summed E-state index contributed by atoms with van der Waals surface area (Å²) in [7, 11) is 1.99. The summed E-state index contributed by atoms with van der Waals surface area (Å²) in [5.41, 5.74) is 1.68. The van der Waals surface area contributed by atoms with Crippen LogP contribution < -0.4 is 10.6 Å². The maximum Gasteiger partial charge on any atom is 0.254 e. The van der Waals surface area contributed by atoms with Gasteiger partial charge in [0.2, 0.25) is 0 Å². The molecule has 1 aromatic carbocycles. The van der Waals surface area contributed by atoms with Crippen LogP contribution in [0.2, 0.25) is 0 Å². The zero-order chi connectivity index (χ0) is 14.5. The summed E-state index contributed by atoms with van der Waals surface area (Å²) in [6.07, 6.45) is -0.415. The number of carbonyl (C=O) groups is 1. The molecule has 0 aliphatic carbocycles. The molecule has 0 spiro atoms. The minimum Gasteiger partial charge on any atom is -0.384 e. The fourth-order valence-corrected chi connectivity index (χ4v) is 2.48. The number of carbonyl (C=O) groups excluding carboxylic acids is 1. The Labute approximate surface area is 127 Å². The molecule has 2 rings (SSSR count). The lowest BCUT2D eigenvalue weighted by Gasteiger charge is -2.29. The molecule has 20 heavy (non-hydrogen) atoms. The van der Waals surface area contributed by atoms with Crippen molar-refractivity contribution in [3.8, 4) is 0 Å². The van der Waals surface area contributed by atoms with Crippen molar-refractivity contribution in [2.45, 2.75) is 13.0 Å². The fourth-order valence-electron chi connectivity index (χ4n) is 2.11. The second-order valence-electron chi connectivity index (χ2n) is 4.83. The van der Waals surface area contributed by atoms with Crippen molar-refractivity contribution in [3.63, 3.8) is 0 Å². The van der Waals surface area contributed by atoms with E-state index in [1.54, 1.807) is 0 Å². The number of ether oxygens (including phenoxy) is 1. The van der Waals surface area contributed by atoms with Crippen molar-refractivity contribution >= 4 is 33.2 Å². The smallest absolute Gasteiger partial charge is 0.254 e. The van der Waals surface area contributed by atoms with E-state index >= 15 is 0 Å². The molecular formula is C14H20BrN3O2. The average Bonchev–Trinajstić information content (AvgIpc) is 2.42. The minimum atomic E-state index is -0.415. The van der Waals surface area contributed by atoms with Gasteiger partial charge in [-0.15, -0.1) is 0 Å². The van der Waals surface area contributed by atoms with Crippen LogP contribution in [0.5, 0.6) is 0 Å². The molecule has 5 nitrogen and oxygen atoms in total. The molecule has 110 valence electrons. The summed E-state index contributed by atoms with van der Waals surface area (Å²) in [6.45, 7) is 4.90. The highest BCUT2D eigenvalue weighted by atomic mass is 79.9. The van der Waals surface area contributed by atoms with Crippen LogP contribution in [0.1, 0.15) is 6.92 Å². The van der Waals surface area contributed by atoms with Gasteiger partial charge in [0.15, 0.2) is 0 Å². The Morgan fingerprint density at radius 3 is 3.00 bits per heavy atom. The van der Waals surface area contributed by atoms with E-state index in [1.807, 2.05) is 32.2 Å². The molecule has 1 aliphatic rings. The molecule has 0 bridgehead atoms. The summed E-state index contributed by atoms with van der Waals surface area (Å²) in [5, 5.41) is 6.18. The molecule has 2 N–H and O–H groups in total. The number of nitrogens with one attached hydrogen (secondary N) is 2.